The Bertz CT molecular complexity index is 3060. The maximum Gasteiger partial charge on any atom is 0.128 e. The standard InChI is InChI=1S/C76H96N4O8/c1-73(2,3)61-33-53-29-57(69(61)81)37-77-65-23-13-14-24-66(65)78-38-58-30-54(34-62(70(58)82)74(4,5)6)47-87-43-51-21-18-22-52(28-51)44-88-48-56-32-60(72(84)64(36-56)76(10,11)12)40-80-68-26-16-15-25-67(68)79-39-59-31-55(35-63(71(59)83)75(7,8)9)46-86-42-50-20-17-19-49(27-50)41-85-45-53/h17-22,27-40,65-68,81-84H,13-16,23-26,41-48H2,1-12H3/t65-,66-,67-,68-/m0/s1. The highest BCUT2D eigenvalue weighted by Gasteiger charge is 2.29. The van der Waals surface area contributed by atoms with Crippen LogP contribution >= 0.6 is 0 Å². The van der Waals surface area contributed by atoms with Gasteiger partial charge in [0.1, 0.15) is 23.0 Å². The summed E-state index contributed by atoms with van der Waals surface area (Å²) < 4.78 is 25.6. The van der Waals surface area contributed by atoms with Crippen LogP contribution in [0.5, 0.6) is 23.0 Å². The fourth-order valence-corrected chi connectivity index (χ4v) is 12.2. The van der Waals surface area contributed by atoms with Gasteiger partial charge in [0.15, 0.2) is 0 Å². The predicted molar refractivity (Wildman–Crippen MR) is 357 cm³/mol. The molecule has 12 heteroatoms. The predicted octanol–water partition coefficient (Wildman–Crippen LogP) is 16.6. The number of phenolic OH excluding ortho intramolecular Hbond substituents is 4. The highest BCUT2D eigenvalue weighted by atomic mass is 16.5. The molecule has 1 aliphatic heterocycles. The molecular weight excluding hydrogens is 1100 g/mol. The smallest absolute Gasteiger partial charge is 0.128 e. The maximum absolute atomic E-state index is 11.8. The fourth-order valence-electron chi connectivity index (χ4n) is 12.2. The molecule has 1 heterocycles. The topological polar surface area (TPSA) is 167 Å². The molecule has 4 N–H and O–H groups in total. The van der Waals surface area contributed by atoms with Crippen LogP contribution in [0.1, 0.15) is 223 Å². The monoisotopic (exact) mass is 1190 g/mol. The zero-order valence-corrected chi connectivity index (χ0v) is 54.4. The summed E-state index contributed by atoms with van der Waals surface area (Å²) in [6, 6.07) is 32.2. The van der Waals surface area contributed by atoms with Crippen molar-refractivity contribution in [2.75, 3.05) is 0 Å². The molecular formula is C76H96N4O8. The van der Waals surface area contributed by atoms with Crippen molar-refractivity contribution in [2.45, 2.75) is 233 Å². The van der Waals surface area contributed by atoms with Gasteiger partial charge < -0.3 is 39.4 Å². The van der Waals surface area contributed by atoms with E-state index in [4.69, 9.17) is 38.9 Å². The fraction of sp³-hybridized carbons (Fsp3) is 0.474. The van der Waals surface area contributed by atoms with Crippen molar-refractivity contribution < 1.29 is 39.4 Å². The minimum Gasteiger partial charge on any atom is -0.507 e. The Balaban J connectivity index is 1.02. The van der Waals surface area contributed by atoms with Crippen molar-refractivity contribution in [3.63, 3.8) is 0 Å². The van der Waals surface area contributed by atoms with Crippen molar-refractivity contribution in [1.29, 1.82) is 0 Å². The second kappa shape index (κ2) is 28.3. The number of nitrogens with zero attached hydrogens (tertiary/aromatic N) is 4. The van der Waals surface area contributed by atoms with E-state index >= 15 is 0 Å². The minimum atomic E-state index is -0.344. The van der Waals surface area contributed by atoms with E-state index in [-0.39, 0.29) is 68.8 Å². The molecule has 88 heavy (non-hydrogen) atoms. The van der Waals surface area contributed by atoms with Gasteiger partial charge in [-0.05, 0) is 140 Å². The van der Waals surface area contributed by atoms with E-state index in [1.807, 2.05) is 85.5 Å². The van der Waals surface area contributed by atoms with E-state index in [1.165, 1.54) is 0 Å². The van der Waals surface area contributed by atoms with Crippen molar-refractivity contribution >= 4 is 24.9 Å². The van der Waals surface area contributed by atoms with Crippen LogP contribution in [-0.2, 0) is 93.5 Å². The summed E-state index contributed by atoms with van der Waals surface area (Å²) in [6.07, 6.45) is 14.8. The van der Waals surface area contributed by atoms with Crippen LogP contribution in [0.4, 0.5) is 0 Å². The lowest BCUT2D eigenvalue weighted by Crippen LogP contribution is -2.27. The van der Waals surface area contributed by atoms with Crippen molar-refractivity contribution in [3.05, 3.63) is 186 Å². The van der Waals surface area contributed by atoms with Crippen LogP contribution in [0.15, 0.2) is 117 Å². The molecule has 0 saturated heterocycles. The minimum absolute atomic E-state index is 0.111. The van der Waals surface area contributed by atoms with E-state index in [9.17, 15) is 20.4 Å². The van der Waals surface area contributed by atoms with Crippen molar-refractivity contribution in [1.82, 2.24) is 0 Å². The normalized spacial score (nSPS) is 20.0. The number of aromatic hydroxyl groups is 4. The number of aliphatic imine (C=N–C) groups is 4. The zero-order valence-electron chi connectivity index (χ0n) is 54.4. The van der Waals surface area contributed by atoms with Gasteiger partial charge in [-0.15, -0.1) is 0 Å². The van der Waals surface area contributed by atoms with Gasteiger partial charge in [-0.2, -0.15) is 0 Å². The first-order chi connectivity index (χ1) is 41.8. The Hall–Kier alpha value is -6.96. The van der Waals surface area contributed by atoms with Gasteiger partial charge in [-0.25, -0.2) is 0 Å². The largest absolute Gasteiger partial charge is 0.507 e. The number of hydrogen-bond acceptors (Lipinski definition) is 12. The highest BCUT2D eigenvalue weighted by Crippen LogP contribution is 2.39. The summed E-state index contributed by atoms with van der Waals surface area (Å²) in [5.74, 6) is 0.865. The molecule has 0 radical (unpaired) electrons. The first-order valence-electron chi connectivity index (χ1n) is 31.8. The van der Waals surface area contributed by atoms with Crippen LogP contribution in [-0.4, -0.2) is 69.5 Å². The molecule has 0 amide bonds. The third-order valence-electron chi connectivity index (χ3n) is 17.2. The first kappa shape index (κ1) is 65.5. The average molecular weight is 1190 g/mol. The maximum atomic E-state index is 11.8. The summed E-state index contributed by atoms with van der Waals surface area (Å²) >= 11 is 0. The van der Waals surface area contributed by atoms with Crippen LogP contribution in [0.25, 0.3) is 0 Å². The summed E-state index contributed by atoms with van der Waals surface area (Å²) in [6.45, 7) is 28.1. The Morgan fingerprint density at radius 2 is 0.500 bits per heavy atom. The molecule has 0 aromatic heterocycles. The zero-order chi connectivity index (χ0) is 63.0. The Morgan fingerprint density at radius 1 is 0.295 bits per heavy atom. The summed E-state index contributed by atoms with van der Waals surface area (Å²) in [5.41, 5.74) is 12.3. The molecule has 9 rings (SSSR count). The molecule has 6 aromatic carbocycles. The van der Waals surface area contributed by atoms with E-state index in [0.717, 1.165) is 118 Å². The first-order valence-corrected chi connectivity index (χ1v) is 31.8. The summed E-state index contributed by atoms with van der Waals surface area (Å²) in [4.78, 5) is 20.6. The lowest BCUT2D eigenvalue weighted by molar-refractivity contribution is 0.103. The van der Waals surface area contributed by atoms with E-state index < -0.39 is 0 Å². The Labute approximate surface area is 524 Å². The van der Waals surface area contributed by atoms with Gasteiger partial charge in [0.05, 0.1) is 77.0 Å². The van der Waals surface area contributed by atoms with Crippen LogP contribution in [0.2, 0.25) is 0 Å². The molecule has 2 saturated carbocycles. The number of rotatable bonds is 0. The third kappa shape index (κ3) is 17.3. The van der Waals surface area contributed by atoms with Gasteiger partial charge in [-0.3, -0.25) is 20.0 Å². The summed E-state index contributed by atoms with van der Waals surface area (Å²) in [5, 5.41) is 47.1. The highest BCUT2D eigenvalue weighted by molar-refractivity contribution is 5.87. The molecule has 2 fully saturated rings. The number of phenols is 4. The number of benzene rings is 6. The summed E-state index contributed by atoms with van der Waals surface area (Å²) in [7, 11) is 0. The molecule has 12 bridgehead atoms. The quantitative estimate of drug-likeness (QED) is 0.117. The lowest BCUT2D eigenvalue weighted by atomic mass is 9.84. The Morgan fingerprint density at radius 3 is 0.705 bits per heavy atom. The Kier molecular flexibility index (Phi) is 21.0. The molecule has 3 aliphatic rings. The van der Waals surface area contributed by atoms with Gasteiger partial charge in [-0.1, -0.05) is 157 Å². The second-order valence-corrected chi connectivity index (χ2v) is 28.9. The van der Waals surface area contributed by atoms with E-state index in [1.54, 1.807) is 0 Å². The van der Waals surface area contributed by atoms with E-state index in [2.05, 4.69) is 119 Å². The molecule has 12 nitrogen and oxygen atoms in total. The van der Waals surface area contributed by atoms with Crippen LogP contribution in [0.3, 0.4) is 0 Å². The van der Waals surface area contributed by atoms with Crippen molar-refractivity contribution in [3.8, 4) is 23.0 Å². The molecule has 6 aromatic rings. The van der Waals surface area contributed by atoms with Gasteiger partial charge in [0.2, 0.25) is 0 Å². The lowest BCUT2D eigenvalue weighted by Gasteiger charge is -2.26. The molecule has 2 aliphatic carbocycles. The second-order valence-electron chi connectivity index (χ2n) is 28.9. The number of ether oxygens (including phenoxy) is 4. The van der Waals surface area contributed by atoms with Crippen molar-refractivity contribution in [2.24, 2.45) is 20.0 Å². The van der Waals surface area contributed by atoms with Crippen LogP contribution < -0.4 is 0 Å². The van der Waals surface area contributed by atoms with Gasteiger partial charge in [0.25, 0.3) is 0 Å². The third-order valence-corrected chi connectivity index (χ3v) is 17.2. The molecule has 0 unspecified atom stereocenters. The van der Waals surface area contributed by atoms with E-state index in [0.29, 0.717) is 75.1 Å². The molecule has 4 atom stereocenters. The molecule has 468 valence electrons. The van der Waals surface area contributed by atoms with Crippen LogP contribution in [0, 0.1) is 0 Å². The van der Waals surface area contributed by atoms with Gasteiger partial charge >= 0.3 is 0 Å². The molecule has 0 spiro atoms. The SMILES string of the molecule is CC(C)(C)c1cc2cc(c1O)C=N[C@H]1CCCC[C@@H]1N=Cc1cc(cc(C(C)(C)C)c1O)COCc1cccc(c1)COCc1cc(c(O)c(C(C)(C)C)c1)C=N[C@H]1CCCC[C@@H]1N=Cc1cc(cc(C(C)(C)C)c1O)COCc1cccc(c1)COC2. The number of hydrogen-bond donors (Lipinski definition) is 4. The average Bonchev–Trinajstić information content (AvgIpc) is 1.52. The number of fused-ring (bicyclic) bond motifs is 14. The van der Waals surface area contributed by atoms with Gasteiger partial charge in [0, 0.05) is 69.4 Å².